The van der Waals surface area contributed by atoms with Crippen LogP contribution in [0.15, 0.2) is 48.6 Å². The fraction of sp³-hybridized carbons (Fsp3) is 0.474. The lowest BCUT2D eigenvalue weighted by Crippen LogP contribution is -2.16. The molecule has 1 saturated carbocycles. The maximum absolute atomic E-state index is 10.2. The Morgan fingerprint density at radius 2 is 2.25 bits per heavy atom. The van der Waals surface area contributed by atoms with Gasteiger partial charge in [0.15, 0.2) is 0 Å². The average molecular weight is 268 g/mol. The van der Waals surface area contributed by atoms with Gasteiger partial charge < -0.3 is 5.11 Å². The van der Waals surface area contributed by atoms with E-state index in [-0.39, 0.29) is 6.10 Å². The molecular weight excluding hydrogens is 244 g/mol. The molecule has 1 nitrogen and oxygen atoms in total. The smallest absolute Gasteiger partial charge is 0.0611 e. The van der Waals surface area contributed by atoms with Crippen molar-refractivity contribution in [2.24, 2.45) is 17.8 Å². The predicted molar refractivity (Wildman–Crippen MR) is 83.5 cm³/mol. The van der Waals surface area contributed by atoms with Crippen molar-refractivity contribution in [3.05, 3.63) is 59.7 Å². The van der Waals surface area contributed by atoms with E-state index in [9.17, 15) is 5.11 Å². The third kappa shape index (κ3) is 2.88. The number of hydrogen-bond acceptors (Lipinski definition) is 1. The molecule has 3 rings (SSSR count). The highest BCUT2D eigenvalue weighted by Gasteiger charge is 2.40. The number of hydrogen-bond donors (Lipinski definition) is 1. The zero-order valence-electron chi connectivity index (χ0n) is 12.2. The van der Waals surface area contributed by atoms with Gasteiger partial charge in [0.05, 0.1) is 6.10 Å². The molecule has 4 unspecified atom stereocenters. The number of aryl methyl sites for hydroxylation is 2. The summed E-state index contributed by atoms with van der Waals surface area (Å²) in [5.41, 5.74) is 2.74. The minimum absolute atomic E-state index is 0.134. The molecule has 20 heavy (non-hydrogen) atoms. The number of benzene rings is 1. The Labute approximate surface area is 122 Å². The Kier molecular flexibility index (Phi) is 4.07. The normalized spacial score (nSPS) is 32.1. The van der Waals surface area contributed by atoms with Crippen LogP contribution in [0.5, 0.6) is 0 Å². The molecule has 0 aromatic heterocycles. The number of fused-ring (bicyclic) bond motifs is 1. The van der Waals surface area contributed by atoms with Crippen LogP contribution < -0.4 is 0 Å². The second kappa shape index (κ2) is 5.97. The first-order valence-corrected chi connectivity index (χ1v) is 7.81. The van der Waals surface area contributed by atoms with Crippen LogP contribution in [0.2, 0.25) is 0 Å². The highest BCUT2D eigenvalue weighted by molar-refractivity contribution is 5.22. The highest BCUT2D eigenvalue weighted by Crippen LogP contribution is 2.44. The van der Waals surface area contributed by atoms with Gasteiger partial charge in [0, 0.05) is 5.92 Å². The van der Waals surface area contributed by atoms with Crippen molar-refractivity contribution in [3.63, 3.8) is 0 Å². The molecule has 4 atom stereocenters. The van der Waals surface area contributed by atoms with Crippen molar-refractivity contribution in [1.82, 2.24) is 0 Å². The predicted octanol–water partition coefficient (Wildman–Crippen LogP) is 4.06. The van der Waals surface area contributed by atoms with Crippen molar-refractivity contribution in [1.29, 1.82) is 0 Å². The molecule has 0 saturated heterocycles. The van der Waals surface area contributed by atoms with Gasteiger partial charge in [0.25, 0.3) is 0 Å². The summed E-state index contributed by atoms with van der Waals surface area (Å²) in [6.45, 7) is 2.14. The summed E-state index contributed by atoms with van der Waals surface area (Å²) in [7, 11) is 0. The van der Waals surface area contributed by atoms with Gasteiger partial charge in [-0.15, -0.1) is 0 Å². The lowest BCUT2D eigenvalue weighted by atomic mass is 9.90. The van der Waals surface area contributed by atoms with E-state index in [4.69, 9.17) is 0 Å². The second-order valence-corrected chi connectivity index (χ2v) is 6.33. The number of allylic oxidation sites excluding steroid dienone is 3. The van der Waals surface area contributed by atoms with Crippen LogP contribution in [0, 0.1) is 24.7 Å². The van der Waals surface area contributed by atoms with E-state index in [0.29, 0.717) is 17.8 Å². The van der Waals surface area contributed by atoms with Gasteiger partial charge in [-0.2, -0.15) is 0 Å². The molecular formula is C19H24O. The first-order valence-electron chi connectivity index (χ1n) is 7.81. The monoisotopic (exact) mass is 268 g/mol. The fourth-order valence-electron chi connectivity index (χ4n) is 3.79. The van der Waals surface area contributed by atoms with Gasteiger partial charge >= 0.3 is 0 Å². The first-order chi connectivity index (χ1) is 9.74. The van der Waals surface area contributed by atoms with Crippen molar-refractivity contribution < 1.29 is 5.11 Å². The quantitative estimate of drug-likeness (QED) is 0.817. The summed E-state index contributed by atoms with van der Waals surface area (Å²) in [6.07, 6.45) is 13.3. The summed E-state index contributed by atoms with van der Waals surface area (Å²) in [4.78, 5) is 0. The zero-order valence-corrected chi connectivity index (χ0v) is 12.2. The number of aliphatic hydroxyl groups is 1. The summed E-state index contributed by atoms with van der Waals surface area (Å²) >= 11 is 0. The average Bonchev–Trinajstić information content (AvgIpc) is 2.96. The lowest BCUT2D eigenvalue weighted by Gasteiger charge is -2.16. The largest absolute Gasteiger partial charge is 0.392 e. The molecule has 1 aromatic carbocycles. The molecule has 1 fully saturated rings. The summed E-state index contributed by atoms with van der Waals surface area (Å²) < 4.78 is 0. The van der Waals surface area contributed by atoms with Crippen LogP contribution in [-0.4, -0.2) is 11.2 Å². The second-order valence-electron chi connectivity index (χ2n) is 6.33. The fourth-order valence-corrected chi connectivity index (χ4v) is 3.79. The van der Waals surface area contributed by atoms with Crippen molar-refractivity contribution in [3.8, 4) is 0 Å². The third-order valence-corrected chi connectivity index (χ3v) is 4.83. The SMILES string of the molecule is Cc1cccc(CC/C=C/C2C(O)CC3C=CCC32)c1. The number of rotatable bonds is 4. The van der Waals surface area contributed by atoms with Crippen LogP contribution in [0.25, 0.3) is 0 Å². The van der Waals surface area contributed by atoms with E-state index in [0.717, 1.165) is 25.7 Å². The van der Waals surface area contributed by atoms with E-state index in [1.165, 1.54) is 11.1 Å². The van der Waals surface area contributed by atoms with Crippen LogP contribution in [0.3, 0.4) is 0 Å². The highest BCUT2D eigenvalue weighted by atomic mass is 16.3. The van der Waals surface area contributed by atoms with Crippen LogP contribution >= 0.6 is 0 Å². The molecule has 0 aliphatic heterocycles. The Morgan fingerprint density at radius 1 is 1.35 bits per heavy atom. The van der Waals surface area contributed by atoms with E-state index in [1.807, 2.05) is 0 Å². The number of aliphatic hydroxyl groups excluding tert-OH is 1. The Morgan fingerprint density at radius 3 is 3.10 bits per heavy atom. The molecule has 0 spiro atoms. The van der Waals surface area contributed by atoms with Crippen LogP contribution in [-0.2, 0) is 6.42 Å². The minimum Gasteiger partial charge on any atom is -0.392 e. The van der Waals surface area contributed by atoms with Crippen molar-refractivity contribution in [2.45, 2.75) is 38.7 Å². The van der Waals surface area contributed by atoms with E-state index in [2.05, 4.69) is 55.5 Å². The summed E-state index contributed by atoms with van der Waals surface area (Å²) in [5.74, 6) is 1.64. The van der Waals surface area contributed by atoms with E-state index < -0.39 is 0 Å². The maximum atomic E-state index is 10.2. The Bertz CT molecular complexity index is 514. The molecule has 0 heterocycles. The Balaban J connectivity index is 1.53. The van der Waals surface area contributed by atoms with Gasteiger partial charge in [-0.1, -0.05) is 54.1 Å². The molecule has 106 valence electrons. The lowest BCUT2D eigenvalue weighted by molar-refractivity contribution is 0.141. The molecule has 0 radical (unpaired) electrons. The topological polar surface area (TPSA) is 20.2 Å². The summed E-state index contributed by atoms with van der Waals surface area (Å²) in [6, 6.07) is 8.72. The molecule has 2 aliphatic carbocycles. The van der Waals surface area contributed by atoms with Gasteiger partial charge in [0.1, 0.15) is 0 Å². The van der Waals surface area contributed by atoms with Crippen LogP contribution in [0.1, 0.15) is 30.4 Å². The summed E-state index contributed by atoms with van der Waals surface area (Å²) in [5, 5.41) is 10.2. The van der Waals surface area contributed by atoms with E-state index >= 15 is 0 Å². The first kappa shape index (κ1) is 13.6. The Hall–Kier alpha value is -1.34. The third-order valence-electron chi connectivity index (χ3n) is 4.83. The van der Waals surface area contributed by atoms with Gasteiger partial charge in [-0.25, -0.2) is 0 Å². The van der Waals surface area contributed by atoms with Gasteiger partial charge in [0.2, 0.25) is 0 Å². The van der Waals surface area contributed by atoms with E-state index in [1.54, 1.807) is 0 Å². The molecule has 0 bridgehead atoms. The standard InChI is InChI=1S/C19H24O/c1-14-6-4-8-15(12-14)7-2-3-10-18-17-11-5-9-16(17)13-19(18)20/h3-6,8-10,12,16-20H,2,7,11,13H2,1H3/b10-3+. The van der Waals surface area contributed by atoms with Gasteiger partial charge in [-0.3, -0.25) is 0 Å². The van der Waals surface area contributed by atoms with Crippen LogP contribution in [0.4, 0.5) is 0 Å². The molecule has 1 aromatic rings. The van der Waals surface area contributed by atoms with Crippen molar-refractivity contribution >= 4 is 0 Å². The zero-order chi connectivity index (χ0) is 13.9. The maximum Gasteiger partial charge on any atom is 0.0611 e. The molecule has 1 heteroatoms. The molecule has 2 aliphatic rings. The molecule has 1 N–H and O–H groups in total. The molecule has 0 amide bonds. The van der Waals surface area contributed by atoms with Crippen molar-refractivity contribution in [2.75, 3.05) is 0 Å². The minimum atomic E-state index is -0.134. The van der Waals surface area contributed by atoms with Gasteiger partial charge in [-0.05, 0) is 50.0 Å².